The molecule has 0 bridgehead atoms. The average Bonchev–Trinajstić information content (AvgIpc) is 2.97. The largest absolute Gasteiger partial charge is 0.463 e. The van der Waals surface area contributed by atoms with E-state index < -0.39 is 48.1 Å². The van der Waals surface area contributed by atoms with Gasteiger partial charge in [0, 0.05) is 6.20 Å². The molecule has 2 aliphatic rings. The number of nitrogens with zero attached hydrogens (tertiary/aromatic N) is 2. The molecule has 2 saturated heterocycles. The molecule has 0 amide bonds. The highest BCUT2D eigenvalue weighted by atomic mass is 16.7. The predicted molar refractivity (Wildman–Crippen MR) is 83.4 cm³/mol. The second-order valence-electron chi connectivity index (χ2n) is 6.20. The van der Waals surface area contributed by atoms with Crippen LogP contribution in [-0.2, 0) is 33.3 Å². The summed E-state index contributed by atoms with van der Waals surface area (Å²) in [5.41, 5.74) is 0.915. The third kappa shape index (κ3) is 3.61. The van der Waals surface area contributed by atoms with Gasteiger partial charge in [0.15, 0.2) is 24.3 Å². The minimum atomic E-state index is -1.22. The number of fused-ring (bicyclic) bond motifs is 1. The van der Waals surface area contributed by atoms with Crippen molar-refractivity contribution in [3.63, 3.8) is 0 Å². The van der Waals surface area contributed by atoms with E-state index in [9.17, 15) is 19.2 Å². The normalized spacial score (nSPS) is 27.0. The van der Waals surface area contributed by atoms with Gasteiger partial charge in [-0.3, -0.25) is 20.0 Å². The fraction of sp³-hybridized carbons (Fsp3) is 0.533. The lowest BCUT2D eigenvalue weighted by Crippen LogP contribution is -2.48. The van der Waals surface area contributed by atoms with Crippen molar-refractivity contribution < 1.29 is 38.5 Å². The summed E-state index contributed by atoms with van der Waals surface area (Å²) in [5.74, 6) is -3.39. The molecule has 27 heavy (non-hydrogen) atoms. The molecule has 3 heterocycles. The fourth-order valence-corrected chi connectivity index (χ4v) is 2.68. The van der Waals surface area contributed by atoms with Crippen molar-refractivity contribution >= 4 is 23.7 Å². The van der Waals surface area contributed by atoms with Crippen molar-refractivity contribution in [3.05, 3.63) is 22.7 Å². The molecule has 2 fully saturated rings. The SMILES string of the molecule is CC(C)C(=O)OC[C@H]1O[C@@H](n2ccc(NO)nc2=O)C2OC(=O)C(=O)OC21. The standard InChI is InChI=1S/C15H17N3O9/c1-6(2)12(19)24-5-7-9-10(27-14(21)13(20)26-9)11(25-7)18-4-3-8(17-23)16-15(18)22/h3-4,6-7,9-11,23H,5H2,1-2H3,(H,16,17,22)/t7-,9?,10?,11-/m1/s1. The van der Waals surface area contributed by atoms with Crippen LogP contribution in [0.3, 0.4) is 0 Å². The van der Waals surface area contributed by atoms with Crippen molar-refractivity contribution in [3.8, 4) is 0 Å². The Morgan fingerprint density at radius 3 is 2.56 bits per heavy atom. The molecule has 0 aliphatic carbocycles. The van der Waals surface area contributed by atoms with Gasteiger partial charge in [-0.15, -0.1) is 0 Å². The fourth-order valence-electron chi connectivity index (χ4n) is 2.68. The molecule has 2 unspecified atom stereocenters. The molecule has 0 radical (unpaired) electrons. The Labute approximate surface area is 151 Å². The molecule has 4 atom stereocenters. The second kappa shape index (κ2) is 7.32. The summed E-state index contributed by atoms with van der Waals surface area (Å²) in [4.78, 5) is 50.5. The zero-order valence-corrected chi connectivity index (χ0v) is 14.4. The number of rotatable bonds is 5. The quantitative estimate of drug-likeness (QED) is 0.278. The number of anilines is 1. The highest BCUT2D eigenvalue weighted by Crippen LogP contribution is 2.35. The minimum Gasteiger partial charge on any atom is -0.463 e. The average molecular weight is 383 g/mol. The summed E-state index contributed by atoms with van der Waals surface area (Å²) in [6, 6.07) is 1.28. The predicted octanol–water partition coefficient (Wildman–Crippen LogP) is -1.02. The highest BCUT2D eigenvalue weighted by molar-refractivity contribution is 6.30. The van der Waals surface area contributed by atoms with Crippen molar-refractivity contribution in [2.75, 3.05) is 12.1 Å². The van der Waals surface area contributed by atoms with Crippen LogP contribution in [0.2, 0.25) is 0 Å². The topological polar surface area (TPSA) is 155 Å². The van der Waals surface area contributed by atoms with Crippen LogP contribution in [0, 0.1) is 5.92 Å². The number of aromatic nitrogens is 2. The van der Waals surface area contributed by atoms with Gasteiger partial charge in [-0.25, -0.2) is 14.4 Å². The highest BCUT2D eigenvalue weighted by Gasteiger charge is 2.55. The van der Waals surface area contributed by atoms with Gasteiger partial charge in [-0.1, -0.05) is 13.8 Å². The Balaban J connectivity index is 1.86. The van der Waals surface area contributed by atoms with E-state index in [1.165, 1.54) is 12.3 Å². The number of nitrogens with one attached hydrogen (secondary N) is 1. The van der Waals surface area contributed by atoms with Crippen LogP contribution >= 0.6 is 0 Å². The summed E-state index contributed by atoms with van der Waals surface area (Å²) >= 11 is 0. The second-order valence-corrected chi connectivity index (χ2v) is 6.20. The minimum absolute atomic E-state index is 0.0970. The lowest BCUT2D eigenvalue weighted by molar-refractivity contribution is -0.195. The van der Waals surface area contributed by atoms with Crippen molar-refractivity contribution in [2.24, 2.45) is 5.92 Å². The number of hydrogen-bond acceptors (Lipinski definition) is 11. The Morgan fingerprint density at radius 2 is 1.96 bits per heavy atom. The number of carbonyl (C=O) groups is 3. The Morgan fingerprint density at radius 1 is 1.30 bits per heavy atom. The smallest absolute Gasteiger partial charge is 0.418 e. The summed E-state index contributed by atoms with van der Waals surface area (Å²) in [6.07, 6.45) is -3.07. The van der Waals surface area contributed by atoms with Crippen molar-refractivity contribution in [2.45, 2.75) is 38.4 Å². The molecule has 2 aliphatic heterocycles. The van der Waals surface area contributed by atoms with E-state index in [4.69, 9.17) is 24.2 Å². The van der Waals surface area contributed by atoms with Gasteiger partial charge in [0.05, 0.1) is 5.92 Å². The summed E-state index contributed by atoms with van der Waals surface area (Å²) in [5, 5.41) is 8.81. The van der Waals surface area contributed by atoms with E-state index in [1.54, 1.807) is 19.3 Å². The van der Waals surface area contributed by atoms with Gasteiger partial charge in [-0.05, 0) is 6.07 Å². The monoisotopic (exact) mass is 383 g/mol. The molecule has 3 rings (SSSR count). The molecule has 0 saturated carbocycles. The molecule has 1 aromatic rings. The zero-order chi connectivity index (χ0) is 19.7. The van der Waals surface area contributed by atoms with E-state index in [-0.39, 0.29) is 18.3 Å². The van der Waals surface area contributed by atoms with Crippen LogP contribution in [0.25, 0.3) is 0 Å². The lowest BCUT2D eigenvalue weighted by Gasteiger charge is -2.28. The van der Waals surface area contributed by atoms with Crippen LogP contribution in [0.1, 0.15) is 20.1 Å². The van der Waals surface area contributed by atoms with Gasteiger partial charge in [0.25, 0.3) is 0 Å². The Bertz CT molecular complexity index is 821. The maximum atomic E-state index is 12.2. The van der Waals surface area contributed by atoms with Crippen molar-refractivity contribution in [1.29, 1.82) is 0 Å². The van der Waals surface area contributed by atoms with Crippen LogP contribution in [0.4, 0.5) is 5.82 Å². The molecule has 2 N–H and O–H groups in total. The summed E-state index contributed by atoms with van der Waals surface area (Å²) in [6.45, 7) is 3.03. The number of esters is 3. The Hall–Kier alpha value is -2.99. The first-order valence-corrected chi connectivity index (χ1v) is 8.04. The molecular formula is C15H17N3O9. The molecular weight excluding hydrogens is 366 g/mol. The summed E-state index contributed by atoms with van der Waals surface area (Å²) < 4.78 is 21.9. The molecule has 146 valence electrons. The third-order valence-corrected chi connectivity index (χ3v) is 4.02. The van der Waals surface area contributed by atoms with E-state index in [2.05, 4.69) is 4.98 Å². The maximum Gasteiger partial charge on any atom is 0.418 e. The van der Waals surface area contributed by atoms with Crippen LogP contribution in [0.15, 0.2) is 17.1 Å². The number of carbonyl (C=O) groups excluding carboxylic acids is 3. The van der Waals surface area contributed by atoms with Crippen LogP contribution < -0.4 is 11.2 Å². The molecule has 0 spiro atoms. The van der Waals surface area contributed by atoms with Crippen LogP contribution in [0.5, 0.6) is 0 Å². The molecule has 12 heteroatoms. The van der Waals surface area contributed by atoms with E-state index in [0.29, 0.717) is 0 Å². The van der Waals surface area contributed by atoms with E-state index in [1.807, 2.05) is 0 Å². The first-order chi connectivity index (χ1) is 12.8. The lowest BCUT2D eigenvalue weighted by atomic mass is 10.1. The van der Waals surface area contributed by atoms with Crippen LogP contribution in [-0.4, -0.2) is 57.6 Å². The molecule has 12 nitrogen and oxygen atoms in total. The number of hydrogen-bond donors (Lipinski definition) is 2. The molecule has 0 aromatic carbocycles. The maximum absolute atomic E-state index is 12.2. The van der Waals surface area contributed by atoms with Gasteiger partial charge in [0.1, 0.15) is 12.7 Å². The van der Waals surface area contributed by atoms with Gasteiger partial charge < -0.3 is 18.9 Å². The van der Waals surface area contributed by atoms with Gasteiger partial charge in [0.2, 0.25) is 0 Å². The summed E-state index contributed by atoms with van der Waals surface area (Å²) in [7, 11) is 0. The van der Waals surface area contributed by atoms with Gasteiger partial charge >= 0.3 is 23.6 Å². The van der Waals surface area contributed by atoms with Gasteiger partial charge in [-0.2, -0.15) is 4.98 Å². The Kier molecular flexibility index (Phi) is 5.10. The first kappa shape index (κ1) is 18.8. The number of ether oxygens (including phenoxy) is 4. The van der Waals surface area contributed by atoms with E-state index >= 15 is 0 Å². The van der Waals surface area contributed by atoms with Crippen molar-refractivity contribution in [1.82, 2.24) is 9.55 Å². The van der Waals surface area contributed by atoms with E-state index in [0.717, 1.165) is 4.57 Å². The zero-order valence-electron chi connectivity index (χ0n) is 14.4. The molecule has 1 aromatic heterocycles. The third-order valence-electron chi connectivity index (χ3n) is 4.02. The first-order valence-electron chi connectivity index (χ1n) is 8.04.